The number of hydrogen-bond donors (Lipinski definition) is 2. The lowest BCUT2D eigenvalue weighted by Crippen LogP contribution is -2.41. The number of imide groups is 1. The number of hydrogen-bond acceptors (Lipinski definition) is 6. The predicted octanol–water partition coefficient (Wildman–Crippen LogP) is -0.0485. The van der Waals surface area contributed by atoms with Crippen molar-refractivity contribution in [2.75, 3.05) is 13.2 Å². The largest absolute Gasteiger partial charge is 0.454 e. The number of ether oxygens (including phenoxy) is 1. The number of urea groups is 1. The van der Waals surface area contributed by atoms with Crippen molar-refractivity contribution >= 4 is 28.8 Å². The number of nitrogens with zero attached hydrogens (tertiary/aromatic N) is 2. The number of aromatic nitrogens is 2. The Labute approximate surface area is 142 Å². The van der Waals surface area contributed by atoms with Gasteiger partial charge in [0.25, 0.3) is 11.5 Å². The Morgan fingerprint density at radius 2 is 2.04 bits per heavy atom. The molecule has 2 aromatic rings. The van der Waals surface area contributed by atoms with Gasteiger partial charge in [0.2, 0.25) is 0 Å². The third-order valence-electron chi connectivity index (χ3n) is 3.06. The van der Waals surface area contributed by atoms with Gasteiger partial charge in [-0.3, -0.25) is 24.3 Å². The first-order valence-corrected chi connectivity index (χ1v) is 7.29. The molecule has 2 N–H and O–H groups in total. The fourth-order valence-corrected chi connectivity index (χ4v) is 1.92. The number of rotatable bonds is 6. The van der Waals surface area contributed by atoms with Crippen LogP contribution in [0.4, 0.5) is 4.79 Å². The predicted molar refractivity (Wildman–Crippen MR) is 88.7 cm³/mol. The molecule has 1 heterocycles. The smallest absolute Gasteiger partial charge is 0.326 e. The molecule has 0 radical (unpaired) electrons. The maximum Gasteiger partial charge on any atom is 0.326 e. The highest BCUT2D eigenvalue weighted by molar-refractivity contribution is 5.95. The number of fused-ring (bicyclic) bond motifs is 1. The second-order valence-electron chi connectivity index (χ2n) is 4.90. The van der Waals surface area contributed by atoms with Gasteiger partial charge in [0.05, 0.1) is 17.2 Å². The molecule has 9 heteroatoms. The summed E-state index contributed by atoms with van der Waals surface area (Å²) >= 11 is 0. The average Bonchev–Trinajstić information content (AvgIpc) is 2.61. The number of carbonyl (C=O) groups excluding carboxylic acids is 3. The zero-order chi connectivity index (χ0) is 18.2. The van der Waals surface area contributed by atoms with Crippen LogP contribution in [0.25, 0.3) is 10.9 Å². The Morgan fingerprint density at radius 1 is 1.28 bits per heavy atom. The summed E-state index contributed by atoms with van der Waals surface area (Å²) < 4.78 is 5.82. The van der Waals surface area contributed by atoms with Crippen molar-refractivity contribution in [2.24, 2.45) is 0 Å². The minimum Gasteiger partial charge on any atom is -0.454 e. The number of para-hydroxylation sites is 1. The van der Waals surface area contributed by atoms with Gasteiger partial charge in [-0.25, -0.2) is 9.78 Å². The standard InChI is InChI=1S/C16H16N4O5/c1-2-7-17-16(24)19-13(21)9-25-14(22)8-20-10-18-12-6-4-3-5-11(12)15(20)23/h2-6,10H,1,7-9H2,(H2,17,19,21,24). The average molecular weight is 344 g/mol. The minimum atomic E-state index is -0.805. The van der Waals surface area contributed by atoms with E-state index in [1.807, 2.05) is 5.32 Å². The molecule has 0 unspecified atom stereocenters. The van der Waals surface area contributed by atoms with E-state index < -0.39 is 36.6 Å². The fourth-order valence-electron chi connectivity index (χ4n) is 1.92. The van der Waals surface area contributed by atoms with Gasteiger partial charge < -0.3 is 10.1 Å². The van der Waals surface area contributed by atoms with Crippen LogP contribution in [0.15, 0.2) is 48.0 Å². The number of benzene rings is 1. The molecule has 9 nitrogen and oxygen atoms in total. The van der Waals surface area contributed by atoms with E-state index >= 15 is 0 Å². The van der Waals surface area contributed by atoms with Crippen LogP contribution >= 0.6 is 0 Å². The molecule has 0 aliphatic heterocycles. The van der Waals surface area contributed by atoms with Crippen LogP contribution in [0.2, 0.25) is 0 Å². The quantitative estimate of drug-likeness (QED) is 0.560. The van der Waals surface area contributed by atoms with Crippen LogP contribution in [0.1, 0.15) is 0 Å². The maximum atomic E-state index is 12.2. The van der Waals surface area contributed by atoms with Gasteiger partial charge in [-0.2, -0.15) is 0 Å². The van der Waals surface area contributed by atoms with E-state index in [-0.39, 0.29) is 6.54 Å². The third-order valence-corrected chi connectivity index (χ3v) is 3.06. The van der Waals surface area contributed by atoms with Gasteiger partial charge in [-0.15, -0.1) is 6.58 Å². The molecule has 0 saturated heterocycles. The van der Waals surface area contributed by atoms with E-state index in [0.717, 1.165) is 4.57 Å². The van der Waals surface area contributed by atoms with Crippen molar-refractivity contribution in [2.45, 2.75) is 6.54 Å². The Morgan fingerprint density at radius 3 is 2.80 bits per heavy atom. The Bertz CT molecular complexity index is 874. The number of carbonyl (C=O) groups is 3. The molecule has 0 fully saturated rings. The van der Waals surface area contributed by atoms with Gasteiger partial charge in [-0.1, -0.05) is 18.2 Å². The lowest BCUT2D eigenvalue weighted by molar-refractivity contribution is -0.148. The van der Waals surface area contributed by atoms with Crippen LogP contribution in [-0.4, -0.2) is 40.6 Å². The van der Waals surface area contributed by atoms with Crippen LogP contribution in [0.5, 0.6) is 0 Å². The van der Waals surface area contributed by atoms with Crippen molar-refractivity contribution in [3.8, 4) is 0 Å². The van der Waals surface area contributed by atoms with Gasteiger partial charge in [0.15, 0.2) is 6.61 Å². The molecule has 1 aromatic heterocycles. The summed E-state index contributed by atoms with van der Waals surface area (Å²) in [5.74, 6) is -1.60. The van der Waals surface area contributed by atoms with Crippen LogP contribution in [0, 0.1) is 0 Å². The monoisotopic (exact) mass is 344 g/mol. The molecule has 0 aliphatic carbocycles. The number of nitrogens with one attached hydrogen (secondary N) is 2. The zero-order valence-electron chi connectivity index (χ0n) is 13.2. The number of esters is 1. The van der Waals surface area contributed by atoms with E-state index in [0.29, 0.717) is 10.9 Å². The summed E-state index contributed by atoms with van der Waals surface area (Å²) in [4.78, 5) is 50.7. The fraction of sp³-hybridized carbons (Fsp3) is 0.188. The van der Waals surface area contributed by atoms with Crippen molar-refractivity contribution in [1.82, 2.24) is 20.2 Å². The highest BCUT2D eigenvalue weighted by atomic mass is 16.5. The van der Waals surface area contributed by atoms with Gasteiger partial charge in [0.1, 0.15) is 6.54 Å². The summed E-state index contributed by atoms with van der Waals surface area (Å²) in [6, 6.07) is 5.99. The number of amides is 3. The Kier molecular flexibility index (Phi) is 5.99. The van der Waals surface area contributed by atoms with Crippen LogP contribution in [-0.2, 0) is 20.9 Å². The second-order valence-corrected chi connectivity index (χ2v) is 4.90. The first-order chi connectivity index (χ1) is 12.0. The molecule has 0 spiro atoms. The first-order valence-electron chi connectivity index (χ1n) is 7.29. The SMILES string of the molecule is C=CCNC(=O)NC(=O)COC(=O)Cn1cnc2ccccc2c1=O. The first kappa shape index (κ1) is 17.9. The Hall–Kier alpha value is -3.49. The summed E-state index contributed by atoms with van der Waals surface area (Å²) in [6.45, 7) is 2.56. The maximum absolute atomic E-state index is 12.2. The highest BCUT2D eigenvalue weighted by Crippen LogP contribution is 2.04. The molecular weight excluding hydrogens is 328 g/mol. The topological polar surface area (TPSA) is 119 Å². The summed E-state index contributed by atoms with van der Waals surface area (Å²) in [5.41, 5.74) is 0.123. The summed E-state index contributed by atoms with van der Waals surface area (Å²) in [7, 11) is 0. The molecule has 130 valence electrons. The van der Waals surface area contributed by atoms with Gasteiger partial charge in [0, 0.05) is 6.54 Å². The zero-order valence-corrected chi connectivity index (χ0v) is 13.2. The molecule has 0 saturated carbocycles. The lowest BCUT2D eigenvalue weighted by atomic mass is 10.2. The molecule has 0 atom stereocenters. The molecule has 25 heavy (non-hydrogen) atoms. The van der Waals surface area contributed by atoms with Crippen molar-refractivity contribution < 1.29 is 19.1 Å². The Balaban J connectivity index is 1.89. The third kappa shape index (κ3) is 4.99. The van der Waals surface area contributed by atoms with Crippen LogP contribution in [0.3, 0.4) is 0 Å². The van der Waals surface area contributed by atoms with Crippen LogP contribution < -0.4 is 16.2 Å². The lowest BCUT2D eigenvalue weighted by Gasteiger charge is -2.08. The van der Waals surface area contributed by atoms with E-state index in [4.69, 9.17) is 4.74 Å². The van der Waals surface area contributed by atoms with E-state index in [2.05, 4.69) is 16.9 Å². The molecule has 2 rings (SSSR count). The summed E-state index contributed by atoms with van der Waals surface area (Å²) in [5, 5.41) is 4.68. The van der Waals surface area contributed by atoms with Gasteiger partial charge in [-0.05, 0) is 12.1 Å². The van der Waals surface area contributed by atoms with Gasteiger partial charge >= 0.3 is 12.0 Å². The van der Waals surface area contributed by atoms with E-state index in [1.165, 1.54) is 12.4 Å². The molecule has 3 amide bonds. The van der Waals surface area contributed by atoms with E-state index in [1.54, 1.807) is 24.3 Å². The molecular formula is C16H16N4O5. The van der Waals surface area contributed by atoms with Crippen molar-refractivity contribution in [3.63, 3.8) is 0 Å². The molecule has 0 aliphatic rings. The molecule has 1 aromatic carbocycles. The van der Waals surface area contributed by atoms with E-state index in [9.17, 15) is 19.2 Å². The highest BCUT2D eigenvalue weighted by Gasteiger charge is 2.12. The minimum absolute atomic E-state index is 0.191. The molecule has 0 bridgehead atoms. The second kappa shape index (κ2) is 8.39. The van der Waals surface area contributed by atoms with Crippen molar-refractivity contribution in [1.29, 1.82) is 0 Å². The van der Waals surface area contributed by atoms with Crippen molar-refractivity contribution in [3.05, 3.63) is 53.6 Å². The normalized spacial score (nSPS) is 10.1. The summed E-state index contributed by atoms with van der Waals surface area (Å²) in [6.07, 6.45) is 2.67.